The molecule has 0 radical (unpaired) electrons. The Kier molecular flexibility index (Phi) is 6.43. The Morgan fingerprint density at radius 2 is 1.86 bits per heavy atom. The first-order chi connectivity index (χ1) is 9.77. The smallest absolute Gasteiger partial charge is 0.246 e. The number of hydrogen-bond donors (Lipinski definition) is 1. The Morgan fingerprint density at radius 3 is 2.33 bits per heavy atom. The fourth-order valence-corrected chi connectivity index (χ4v) is 4.08. The van der Waals surface area contributed by atoms with Gasteiger partial charge in [0.2, 0.25) is 10.0 Å². The molecule has 0 fully saturated rings. The standard InChI is InChI=1S/C14H22ClFN2O2S/c1-4-10(5-2)9-18(6-3)21(19,20)13-8-11(15)7-12(17)14(13)16/h7-8,10H,4-6,9,17H2,1-3H3. The average molecular weight is 337 g/mol. The lowest BCUT2D eigenvalue weighted by Crippen LogP contribution is -2.35. The van der Waals surface area contributed by atoms with E-state index >= 15 is 0 Å². The molecule has 0 aliphatic carbocycles. The number of hydrogen-bond acceptors (Lipinski definition) is 3. The number of rotatable bonds is 7. The van der Waals surface area contributed by atoms with Gasteiger partial charge >= 0.3 is 0 Å². The number of nitrogens with two attached hydrogens (primary N) is 1. The van der Waals surface area contributed by atoms with E-state index in [4.69, 9.17) is 17.3 Å². The van der Waals surface area contributed by atoms with E-state index in [1.807, 2.05) is 13.8 Å². The normalized spacial score (nSPS) is 12.3. The summed E-state index contributed by atoms with van der Waals surface area (Å²) in [6, 6.07) is 2.31. The SMILES string of the molecule is CCC(CC)CN(CC)S(=O)(=O)c1cc(Cl)cc(N)c1F. The van der Waals surface area contributed by atoms with Gasteiger partial charge in [0.1, 0.15) is 4.90 Å². The van der Waals surface area contributed by atoms with Crippen LogP contribution < -0.4 is 5.73 Å². The summed E-state index contributed by atoms with van der Waals surface area (Å²) in [7, 11) is -3.95. The van der Waals surface area contributed by atoms with Crippen LogP contribution in [0.15, 0.2) is 17.0 Å². The lowest BCUT2D eigenvalue weighted by molar-refractivity contribution is 0.338. The molecule has 4 nitrogen and oxygen atoms in total. The molecule has 0 saturated heterocycles. The van der Waals surface area contributed by atoms with Crippen LogP contribution in [0.2, 0.25) is 5.02 Å². The van der Waals surface area contributed by atoms with E-state index in [1.54, 1.807) is 6.92 Å². The molecule has 0 heterocycles. The summed E-state index contributed by atoms with van der Waals surface area (Å²) in [5, 5.41) is 0.103. The number of halogens is 2. The van der Waals surface area contributed by atoms with E-state index in [1.165, 1.54) is 10.4 Å². The summed E-state index contributed by atoms with van der Waals surface area (Å²) in [5.41, 5.74) is 5.21. The van der Waals surface area contributed by atoms with E-state index < -0.39 is 20.7 Å². The highest BCUT2D eigenvalue weighted by Gasteiger charge is 2.29. The molecule has 0 amide bonds. The van der Waals surface area contributed by atoms with Gasteiger partial charge in [0.25, 0.3) is 0 Å². The Morgan fingerprint density at radius 1 is 1.29 bits per heavy atom. The molecular weight excluding hydrogens is 315 g/mol. The molecule has 2 N–H and O–H groups in total. The molecule has 120 valence electrons. The first kappa shape index (κ1) is 18.2. The Hall–Kier alpha value is -0.850. The summed E-state index contributed by atoms with van der Waals surface area (Å²) >= 11 is 5.81. The van der Waals surface area contributed by atoms with Crippen molar-refractivity contribution in [2.75, 3.05) is 18.8 Å². The van der Waals surface area contributed by atoms with Crippen LogP contribution >= 0.6 is 11.6 Å². The van der Waals surface area contributed by atoms with E-state index in [9.17, 15) is 12.8 Å². The minimum atomic E-state index is -3.95. The highest BCUT2D eigenvalue weighted by Crippen LogP contribution is 2.28. The minimum Gasteiger partial charge on any atom is -0.396 e. The second-order valence-corrected chi connectivity index (χ2v) is 7.29. The predicted octanol–water partition coefficient (Wildman–Crippen LogP) is 3.51. The third-order valence-corrected chi connectivity index (χ3v) is 5.78. The molecule has 0 aromatic heterocycles. The summed E-state index contributed by atoms with van der Waals surface area (Å²) in [4.78, 5) is -0.458. The number of nitrogens with zero attached hydrogens (tertiary/aromatic N) is 1. The molecule has 1 rings (SSSR count). The van der Waals surface area contributed by atoms with Crippen LogP contribution in [0.5, 0.6) is 0 Å². The van der Waals surface area contributed by atoms with Crippen LogP contribution in [-0.4, -0.2) is 25.8 Å². The molecule has 0 spiro atoms. The fourth-order valence-electron chi connectivity index (χ4n) is 2.14. The molecule has 0 aliphatic rings. The number of anilines is 1. The predicted molar refractivity (Wildman–Crippen MR) is 84.3 cm³/mol. The second kappa shape index (κ2) is 7.42. The summed E-state index contributed by atoms with van der Waals surface area (Å²) in [5.74, 6) is -0.707. The van der Waals surface area contributed by atoms with Crippen molar-refractivity contribution in [1.29, 1.82) is 0 Å². The minimum absolute atomic E-state index is 0.103. The van der Waals surface area contributed by atoms with Gasteiger partial charge in [0, 0.05) is 18.1 Å². The van der Waals surface area contributed by atoms with Gasteiger partial charge in [-0.3, -0.25) is 0 Å². The van der Waals surface area contributed by atoms with Gasteiger partial charge < -0.3 is 5.73 Å². The summed E-state index contributed by atoms with van der Waals surface area (Å²) < 4.78 is 40.6. The lowest BCUT2D eigenvalue weighted by atomic mass is 10.0. The molecule has 0 bridgehead atoms. The Bertz CT molecular complexity index is 589. The van der Waals surface area contributed by atoms with Gasteiger partial charge in [-0.2, -0.15) is 4.31 Å². The third kappa shape index (κ3) is 4.08. The maximum atomic E-state index is 14.1. The quantitative estimate of drug-likeness (QED) is 0.775. The van der Waals surface area contributed by atoms with Crippen molar-refractivity contribution < 1.29 is 12.8 Å². The molecule has 1 aromatic carbocycles. The van der Waals surface area contributed by atoms with Crippen LogP contribution in [0.4, 0.5) is 10.1 Å². The number of nitrogen functional groups attached to an aromatic ring is 1. The van der Waals surface area contributed by atoms with Gasteiger partial charge in [0.05, 0.1) is 5.69 Å². The first-order valence-electron chi connectivity index (χ1n) is 7.02. The highest BCUT2D eigenvalue weighted by molar-refractivity contribution is 7.89. The van der Waals surface area contributed by atoms with Crippen LogP contribution in [0.1, 0.15) is 33.6 Å². The molecule has 0 saturated carbocycles. The van der Waals surface area contributed by atoms with Crippen molar-refractivity contribution in [3.63, 3.8) is 0 Å². The Labute approximate surface area is 131 Å². The average Bonchev–Trinajstić information content (AvgIpc) is 2.43. The lowest BCUT2D eigenvalue weighted by Gasteiger charge is -2.25. The van der Waals surface area contributed by atoms with Gasteiger partial charge in [-0.05, 0) is 18.1 Å². The largest absolute Gasteiger partial charge is 0.396 e. The van der Waals surface area contributed by atoms with Gasteiger partial charge in [-0.1, -0.05) is 45.2 Å². The molecule has 7 heteroatoms. The van der Waals surface area contributed by atoms with Crippen molar-refractivity contribution in [3.05, 3.63) is 23.0 Å². The van der Waals surface area contributed by atoms with Gasteiger partial charge in [-0.15, -0.1) is 0 Å². The van der Waals surface area contributed by atoms with Crippen LogP contribution in [0, 0.1) is 11.7 Å². The zero-order valence-corrected chi connectivity index (χ0v) is 14.1. The number of sulfonamides is 1. The monoisotopic (exact) mass is 336 g/mol. The maximum absolute atomic E-state index is 14.1. The molecule has 0 aliphatic heterocycles. The molecule has 0 atom stereocenters. The van der Waals surface area contributed by atoms with Gasteiger partial charge in [0.15, 0.2) is 5.82 Å². The maximum Gasteiger partial charge on any atom is 0.246 e. The number of benzene rings is 1. The molecular formula is C14H22ClFN2O2S. The summed E-state index contributed by atoms with van der Waals surface area (Å²) in [6.45, 7) is 6.37. The van der Waals surface area contributed by atoms with E-state index in [0.717, 1.165) is 18.9 Å². The van der Waals surface area contributed by atoms with Crippen molar-refractivity contribution in [1.82, 2.24) is 4.31 Å². The van der Waals surface area contributed by atoms with E-state index in [0.29, 0.717) is 6.54 Å². The van der Waals surface area contributed by atoms with E-state index in [2.05, 4.69) is 0 Å². The fraction of sp³-hybridized carbons (Fsp3) is 0.571. The van der Waals surface area contributed by atoms with Crippen molar-refractivity contribution in [3.8, 4) is 0 Å². The highest BCUT2D eigenvalue weighted by atomic mass is 35.5. The van der Waals surface area contributed by atoms with Crippen molar-refractivity contribution in [2.24, 2.45) is 5.92 Å². The second-order valence-electron chi connectivity index (χ2n) is 4.95. The topological polar surface area (TPSA) is 63.4 Å². The van der Waals surface area contributed by atoms with Crippen LogP contribution in [-0.2, 0) is 10.0 Å². The first-order valence-corrected chi connectivity index (χ1v) is 8.84. The van der Waals surface area contributed by atoms with Crippen LogP contribution in [0.25, 0.3) is 0 Å². The zero-order valence-electron chi connectivity index (χ0n) is 12.6. The van der Waals surface area contributed by atoms with Gasteiger partial charge in [-0.25, -0.2) is 12.8 Å². The van der Waals surface area contributed by atoms with Crippen molar-refractivity contribution in [2.45, 2.75) is 38.5 Å². The molecule has 21 heavy (non-hydrogen) atoms. The Balaban J connectivity index is 3.25. The van der Waals surface area contributed by atoms with Crippen molar-refractivity contribution >= 4 is 27.3 Å². The third-order valence-electron chi connectivity index (χ3n) is 3.62. The molecule has 1 aromatic rings. The zero-order chi connectivity index (χ0) is 16.2. The summed E-state index contributed by atoms with van der Waals surface area (Å²) in [6.07, 6.45) is 1.73. The molecule has 0 unspecified atom stereocenters. The van der Waals surface area contributed by atoms with Crippen LogP contribution in [0.3, 0.4) is 0 Å². The van der Waals surface area contributed by atoms with E-state index in [-0.39, 0.29) is 23.2 Å².